The molecule has 2 N–H and O–H groups in total. The topological polar surface area (TPSA) is 95.9 Å². The molecule has 0 radical (unpaired) electrons. The molecule has 3 aromatic rings. The number of alkyl carbamates (subject to hydrolysis) is 1. The van der Waals surface area contributed by atoms with Crippen molar-refractivity contribution in [2.75, 3.05) is 19.7 Å². The van der Waals surface area contributed by atoms with Gasteiger partial charge in [-0.1, -0.05) is 78.9 Å². The van der Waals surface area contributed by atoms with Crippen LogP contribution in [0, 0.1) is 5.92 Å². The van der Waals surface area contributed by atoms with E-state index in [-0.39, 0.29) is 37.9 Å². The third-order valence-electron chi connectivity index (χ3n) is 6.76. The van der Waals surface area contributed by atoms with Gasteiger partial charge in [0.25, 0.3) is 0 Å². The Morgan fingerprint density at radius 3 is 2.06 bits per heavy atom. The van der Waals surface area contributed by atoms with E-state index in [1.165, 1.54) is 4.90 Å². The van der Waals surface area contributed by atoms with Crippen LogP contribution in [0.15, 0.2) is 78.9 Å². The summed E-state index contributed by atoms with van der Waals surface area (Å²) in [5, 5.41) is 11.9. The van der Waals surface area contributed by atoms with Crippen LogP contribution in [0.3, 0.4) is 0 Å². The number of nitrogens with zero attached hydrogens (tertiary/aromatic N) is 1. The summed E-state index contributed by atoms with van der Waals surface area (Å²) in [6.45, 7) is 0.439. The molecule has 1 fully saturated rings. The van der Waals surface area contributed by atoms with Gasteiger partial charge in [-0.05, 0) is 27.8 Å². The largest absolute Gasteiger partial charge is 0.481 e. The molecule has 0 bridgehead atoms. The minimum Gasteiger partial charge on any atom is -0.481 e. The first-order valence-electron chi connectivity index (χ1n) is 11.7. The Kier molecular flexibility index (Phi) is 6.23. The third kappa shape index (κ3) is 4.62. The van der Waals surface area contributed by atoms with Gasteiger partial charge in [0.1, 0.15) is 12.6 Å². The number of nitrogens with one attached hydrogen (secondary N) is 1. The van der Waals surface area contributed by atoms with E-state index in [4.69, 9.17) is 9.84 Å². The van der Waals surface area contributed by atoms with Crippen molar-refractivity contribution in [3.8, 4) is 11.1 Å². The number of hydrogen-bond acceptors (Lipinski definition) is 4. The summed E-state index contributed by atoms with van der Waals surface area (Å²) in [6.07, 6.45) is -0.380. The van der Waals surface area contributed by atoms with Gasteiger partial charge in [0.15, 0.2) is 0 Å². The fourth-order valence-electron chi connectivity index (χ4n) is 4.87. The molecule has 1 aliphatic heterocycles. The molecular weight excluding hydrogens is 444 g/mol. The summed E-state index contributed by atoms with van der Waals surface area (Å²) in [4.78, 5) is 38.5. The van der Waals surface area contributed by atoms with Crippen LogP contribution in [0.1, 0.15) is 22.6 Å². The van der Waals surface area contributed by atoms with E-state index in [9.17, 15) is 14.4 Å². The number of ether oxygens (including phenoxy) is 1. The van der Waals surface area contributed by atoms with Crippen LogP contribution in [-0.4, -0.2) is 53.7 Å². The monoisotopic (exact) mass is 470 g/mol. The first-order chi connectivity index (χ1) is 17.0. The maximum Gasteiger partial charge on any atom is 0.407 e. The lowest BCUT2D eigenvalue weighted by atomic mass is 9.97. The van der Waals surface area contributed by atoms with E-state index in [2.05, 4.69) is 17.4 Å². The summed E-state index contributed by atoms with van der Waals surface area (Å²) in [5.41, 5.74) is 5.39. The number of amides is 2. The maximum absolute atomic E-state index is 13.1. The molecule has 1 aliphatic carbocycles. The van der Waals surface area contributed by atoms with Crippen molar-refractivity contribution in [1.82, 2.24) is 10.2 Å². The van der Waals surface area contributed by atoms with Crippen molar-refractivity contribution < 1.29 is 24.2 Å². The molecule has 1 atom stereocenters. The Balaban J connectivity index is 1.27. The standard InChI is InChI=1S/C28H26N2O5/c31-26(30-15-19(16-30)27(32)33)25(14-18-8-2-1-3-9-18)29-28(34)35-17-24-22-12-6-4-10-20(22)21-11-5-7-13-23(21)24/h1-13,19,24-25H,14-17H2,(H,29,34)(H,32,33). The predicted octanol–water partition coefficient (Wildman–Crippen LogP) is 3.68. The van der Waals surface area contributed by atoms with Crippen LogP contribution in [-0.2, 0) is 20.7 Å². The van der Waals surface area contributed by atoms with Gasteiger partial charge in [0.2, 0.25) is 5.91 Å². The second-order valence-electron chi connectivity index (χ2n) is 8.99. The normalized spacial score (nSPS) is 15.5. The number of carboxylic acid groups (broad SMARTS) is 1. The zero-order valence-corrected chi connectivity index (χ0v) is 19.1. The van der Waals surface area contributed by atoms with Crippen molar-refractivity contribution in [2.45, 2.75) is 18.4 Å². The highest BCUT2D eigenvalue weighted by Gasteiger charge is 2.39. The second kappa shape index (κ2) is 9.62. The lowest BCUT2D eigenvalue weighted by Gasteiger charge is -2.38. The van der Waals surface area contributed by atoms with E-state index in [0.717, 1.165) is 27.8 Å². The van der Waals surface area contributed by atoms with Crippen LogP contribution < -0.4 is 5.32 Å². The zero-order chi connectivity index (χ0) is 24.4. The average molecular weight is 471 g/mol. The van der Waals surface area contributed by atoms with Gasteiger partial charge >= 0.3 is 12.1 Å². The Bertz CT molecular complexity index is 1210. The molecule has 2 aliphatic rings. The van der Waals surface area contributed by atoms with Crippen LogP contribution in [0.25, 0.3) is 11.1 Å². The molecule has 0 spiro atoms. The Morgan fingerprint density at radius 1 is 0.886 bits per heavy atom. The Morgan fingerprint density at radius 2 is 1.46 bits per heavy atom. The van der Waals surface area contributed by atoms with Gasteiger partial charge in [-0.3, -0.25) is 9.59 Å². The van der Waals surface area contributed by atoms with Crippen LogP contribution in [0.2, 0.25) is 0 Å². The van der Waals surface area contributed by atoms with Crippen LogP contribution in [0.5, 0.6) is 0 Å². The second-order valence-corrected chi connectivity index (χ2v) is 8.99. The zero-order valence-electron chi connectivity index (χ0n) is 19.1. The predicted molar refractivity (Wildman–Crippen MR) is 130 cm³/mol. The first-order valence-corrected chi connectivity index (χ1v) is 11.7. The number of benzene rings is 3. The number of rotatable bonds is 7. The fraction of sp³-hybridized carbons (Fsp3) is 0.250. The summed E-state index contributed by atoms with van der Waals surface area (Å²) >= 11 is 0. The van der Waals surface area contributed by atoms with E-state index in [1.54, 1.807) is 0 Å². The Labute approximate surface area is 203 Å². The number of aliphatic carboxylic acids is 1. The molecule has 7 heteroatoms. The minimum absolute atomic E-state index is 0.0804. The van der Waals surface area contributed by atoms with Gasteiger partial charge in [-0.2, -0.15) is 0 Å². The van der Waals surface area contributed by atoms with Crippen molar-refractivity contribution in [2.24, 2.45) is 5.92 Å². The highest BCUT2D eigenvalue weighted by molar-refractivity contribution is 5.88. The van der Waals surface area contributed by atoms with Gasteiger partial charge in [-0.15, -0.1) is 0 Å². The molecule has 1 heterocycles. The summed E-state index contributed by atoms with van der Waals surface area (Å²) in [7, 11) is 0. The molecule has 1 saturated heterocycles. The average Bonchev–Trinajstić information content (AvgIpc) is 3.15. The quantitative estimate of drug-likeness (QED) is 0.549. The first kappa shape index (κ1) is 22.7. The van der Waals surface area contributed by atoms with E-state index < -0.39 is 24.0 Å². The van der Waals surface area contributed by atoms with Gasteiger partial charge in [0.05, 0.1) is 5.92 Å². The van der Waals surface area contributed by atoms with Crippen molar-refractivity contribution in [1.29, 1.82) is 0 Å². The Hall–Kier alpha value is -4.13. The lowest BCUT2D eigenvalue weighted by molar-refractivity contribution is -0.153. The number of carboxylic acids is 1. The summed E-state index contributed by atoms with van der Waals surface area (Å²) in [5.74, 6) is -1.87. The lowest BCUT2D eigenvalue weighted by Crippen LogP contribution is -2.59. The molecule has 1 unspecified atom stereocenters. The summed E-state index contributed by atoms with van der Waals surface area (Å²) in [6, 6.07) is 24.7. The number of hydrogen-bond donors (Lipinski definition) is 2. The number of likely N-dealkylation sites (tertiary alicyclic amines) is 1. The van der Waals surface area contributed by atoms with Crippen molar-refractivity contribution >= 4 is 18.0 Å². The maximum atomic E-state index is 13.1. The van der Waals surface area contributed by atoms with E-state index >= 15 is 0 Å². The van der Waals surface area contributed by atoms with Gasteiger partial charge < -0.3 is 20.1 Å². The molecule has 178 valence electrons. The highest BCUT2D eigenvalue weighted by Crippen LogP contribution is 2.44. The highest BCUT2D eigenvalue weighted by atomic mass is 16.5. The van der Waals surface area contributed by atoms with E-state index in [1.807, 2.05) is 66.7 Å². The molecular formula is C28H26N2O5. The summed E-state index contributed by atoms with van der Waals surface area (Å²) < 4.78 is 5.63. The van der Waals surface area contributed by atoms with Gasteiger partial charge in [0, 0.05) is 25.4 Å². The smallest absolute Gasteiger partial charge is 0.407 e. The molecule has 5 rings (SSSR count). The third-order valence-corrected chi connectivity index (χ3v) is 6.76. The number of carbonyl (C=O) groups is 3. The SMILES string of the molecule is O=C(NC(Cc1ccccc1)C(=O)N1CC(C(=O)O)C1)OCC1c2ccccc2-c2ccccc21. The molecule has 35 heavy (non-hydrogen) atoms. The molecule has 0 saturated carbocycles. The number of carbonyl (C=O) groups excluding carboxylic acids is 2. The van der Waals surface area contributed by atoms with E-state index in [0.29, 0.717) is 0 Å². The van der Waals surface area contributed by atoms with Crippen molar-refractivity contribution in [3.05, 3.63) is 95.6 Å². The van der Waals surface area contributed by atoms with Crippen molar-refractivity contribution in [3.63, 3.8) is 0 Å². The number of fused-ring (bicyclic) bond motifs is 3. The molecule has 3 aromatic carbocycles. The van der Waals surface area contributed by atoms with Gasteiger partial charge in [-0.25, -0.2) is 4.79 Å². The van der Waals surface area contributed by atoms with Crippen LogP contribution in [0.4, 0.5) is 4.79 Å². The molecule has 0 aromatic heterocycles. The minimum atomic E-state index is -0.918. The molecule has 7 nitrogen and oxygen atoms in total. The fourth-order valence-corrected chi connectivity index (χ4v) is 4.87. The molecule has 2 amide bonds. The van der Waals surface area contributed by atoms with Crippen LogP contribution >= 0.6 is 0 Å².